The molecule has 0 spiro atoms. The molecule has 13 heavy (non-hydrogen) atoms. The van der Waals surface area contributed by atoms with Crippen LogP contribution in [0.25, 0.3) is 0 Å². The van der Waals surface area contributed by atoms with Gasteiger partial charge in [-0.2, -0.15) is 0 Å². The van der Waals surface area contributed by atoms with E-state index in [2.05, 4.69) is 10.3 Å². The summed E-state index contributed by atoms with van der Waals surface area (Å²) in [6.07, 6.45) is 3.16. The standard InChI is InChI=1S/C9H14N2O2/c12-9(13)8-6(3-5-11-8)7-2-1-4-10-7/h6-7,10H,1-5H2,(H,12,13). The van der Waals surface area contributed by atoms with Crippen molar-refractivity contribution in [2.24, 2.45) is 10.9 Å². The summed E-state index contributed by atoms with van der Waals surface area (Å²) in [7, 11) is 0. The SMILES string of the molecule is O=C(O)C1=NCCC1C1CCCN1. The Morgan fingerprint density at radius 3 is 3.00 bits per heavy atom. The molecular formula is C9H14N2O2. The maximum atomic E-state index is 10.8. The van der Waals surface area contributed by atoms with Gasteiger partial charge in [-0.25, -0.2) is 4.79 Å². The van der Waals surface area contributed by atoms with E-state index in [4.69, 9.17) is 5.11 Å². The lowest BCUT2D eigenvalue weighted by Gasteiger charge is -2.18. The molecule has 72 valence electrons. The molecule has 2 aliphatic rings. The van der Waals surface area contributed by atoms with Gasteiger partial charge in [-0.05, 0) is 25.8 Å². The Labute approximate surface area is 77.0 Å². The number of nitrogens with zero attached hydrogens (tertiary/aromatic N) is 1. The van der Waals surface area contributed by atoms with Crippen LogP contribution >= 0.6 is 0 Å². The molecule has 0 aromatic rings. The van der Waals surface area contributed by atoms with Gasteiger partial charge in [0.1, 0.15) is 5.71 Å². The van der Waals surface area contributed by atoms with Crippen LogP contribution in [0.5, 0.6) is 0 Å². The lowest BCUT2D eigenvalue weighted by molar-refractivity contribution is -0.129. The van der Waals surface area contributed by atoms with Crippen molar-refractivity contribution in [1.29, 1.82) is 0 Å². The summed E-state index contributed by atoms with van der Waals surface area (Å²) in [5, 5.41) is 12.2. The maximum absolute atomic E-state index is 10.8. The first-order valence-corrected chi connectivity index (χ1v) is 4.80. The number of rotatable bonds is 2. The van der Waals surface area contributed by atoms with Gasteiger partial charge < -0.3 is 10.4 Å². The molecule has 0 bridgehead atoms. The van der Waals surface area contributed by atoms with Crippen molar-refractivity contribution in [2.45, 2.75) is 25.3 Å². The minimum absolute atomic E-state index is 0.153. The number of carbonyl (C=O) groups is 1. The second-order valence-electron chi connectivity index (χ2n) is 3.67. The van der Waals surface area contributed by atoms with Crippen LogP contribution in [-0.2, 0) is 4.79 Å². The summed E-state index contributed by atoms with van der Waals surface area (Å²) in [5.74, 6) is -0.684. The normalized spacial score (nSPS) is 33.4. The smallest absolute Gasteiger partial charge is 0.350 e. The zero-order chi connectivity index (χ0) is 9.26. The number of nitrogens with one attached hydrogen (secondary N) is 1. The van der Waals surface area contributed by atoms with E-state index in [0.29, 0.717) is 18.3 Å². The third kappa shape index (κ3) is 1.58. The zero-order valence-corrected chi connectivity index (χ0v) is 7.49. The lowest BCUT2D eigenvalue weighted by Crippen LogP contribution is -2.36. The molecule has 1 saturated heterocycles. The molecule has 0 radical (unpaired) electrons. The van der Waals surface area contributed by atoms with Crippen molar-refractivity contribution in [3.05, 3.63) is 0 Å². The molecule has 1 fully saturated rings. The van der Waals surface area contributed by atoms with E-state index in [1.165, 1.54) is 0 Å². The van der Waals surface area contributed by atoms with Gasteiger partial charge in [-0.3, -0.25) is 4.99 Å². The summed E-state index contributed by atoms with van der Waals surface area (Å²) in [6.45, 7) is 1.71. The Hall–Kier alpha value is -0.900. The van der Waals surface area contributed by atoms with Crippen molar-refractivity contribution in [2.75, 3.05) is 13.1 Å². The van der Waals surface area contributed by atoms with Crippen LogP contribution in [0.2, 0.25) is 0 Å². The molecule has 4 heteroatoms. The zero-order valence-electron chi connectivity index (χ0n) is 7.49. The van der Waals surface area contributed by atoms with E-state index in [-0.39, 0.29) is 5.92 Å². The molecule has 0 aliphatic carbocycles. The van der Waals surface area contributed by atoms with Gasteiger partial charge in [-0.1, -0.05) is 0 Å². The largest absolute Gasteiger partial charge is 0.477 e. The lowest BCUT2D eigenvalue weighted by atomic mass is 9.92. The fraction of sp³-hybridized carbons (Fsp3) is 0.778. The van der Waals surface area contributed by atoms with E-state index in [1.54, 1.807) is 0 Å². The van der Waals surface area contributed by atoms with Crippen LogP contribution in [0, 0.1) is 5.92 Å². The molecule has 2 atom stereocenters. The summed E-state index contributed by atoms with van der Waals surface area (Å²) in [4.78, 5) is 14.8. The van der Waals surface area contributed by atoms with Crippen molar-refractivity contribution in [1.82, 2.24) is 5.32 Å². The van der Waals surface area contributed by atoms with Gasteiger partial charge in [0.2, 0.25) is 0 Å². The van der Waals surface area contributed by atoms with E-state index in [0.717, 1.165) is 25.8 Å². The van der Waals surface area contributed by atoms with Crippen LogP contribution < -0.4 is 5.32 Å². The molecule has 2 rings (SSSR count). The molecule has 4 nitrogen and oxygen atoms in total. The summed E-state index contributed by atoms with van der Waals surface area (Å²) < 4.78 is 0. The van der Waals surface area contributed by atoms with E-state index in [9.17, 15) is 4.79 Å². The average molecular weight is 182 g/mol. The highest BCUT2D eigenvalue weighted by Gasteiger charge is 2.34. The molecule has 0 saturated carbocycles. The molecule has 0 aromatic carbocycles. The van der Waals surface area contributed by atoms with Crippen LogP contribution in [0.15, 0.2) is 4.99 Å². The topological polar surface area (TPSA) is 61.7 Å². The van der Waals surface area contributed by atoms with Gasteiger partial charge >= 0.3 is 5.97 Å². The van der Waals surface area contributed by atoms with Crippen molar-refractivity contribution < 1.29 is 9.90 Å². The summed E-state index contributed by atoms with van der Waals surface area (Å²) >= 11 is 0. The van der Waals surface area contributed by atoms with Gasteiger partial charge in [0.25, 0.3) is 0 Å². The highest BCUT2D eigenvalue weighted by molar-refractivity contribution is 6.37. The van der Waals surface area contributed by atoms with Crippen LogP contribution in [0.1, 0.15) is 19.3 Å². The van der Waals surface area contributed by atoms with E-state index < -0.39 is 5.97 Å². The van der Waals surface area contributed by atoms with Crippen molar-refractivity contribution in [3.8, 4) is 0 Å². The third-order valence-electron chi connectivity index (χ3n) is 2.88. The Kier molecular flexibility index (Phi) is 2.31. The van der Waals surface area contributed by atoms with Crippen molar-refractivity contribution in [3.63, 3.8) is 0 Å². The first kappa shape index (κ1) is 8.69. The minimum atomic E-state index is -0.837. The Morgan fingerprint density at radius 2 is 2.38 bits per heavy atom. The number of hydrogen-bond acceptors (Lipinski definition) is 3. The fourth-order valence-corrected chi connectivity index (χ4v) is 2.25. The molecule has 2 N–H and O–H groups in total. The van der Waals surface area contributed by atoms with Gasteiger partial charge in [-0.15, -0.1) is 0 Å². The number of hydrogen-bond donors (Lipinski definition) is 2. The number of aliphatic imine (C=N–C) groups is 1. The molecule has 2 unspecified atom stereocenters. The van der Waals surface area contributed by atoms with Crippen molar-refractivity contribution >= 4 is 11.7 Å². The minimum Gasteiger partial charge on any atom is -0.477 e. The van der Waals surface area contributed by atoms with E-state index in [1.807, 2.05) is 0 Å². The Morgan fingerprint density at radius 1 is 1.54 bits per heavy atom. The Balaban J connectivity index is 2.06. The highest BCUT2D eigenvalue weighted by Crippen LogP contribution is 2.24. The van der Waals surface area contributed by atoms with Gasteiger partial charge in [0.15, 0.2) is 0 Å². The predicted octanol–water partition coefficient (Wildman–Crippen LogP) is 0.284. The second kappa shape index (κ2) is 3.46. The monoisotopic (exact) mass is 182 g/mol. The second-order valence-corrected chi connectivity index (χ2v) is 3.67. The highest BCUT2D eigenvalue weighted by atomic mass is 16.4. The van der Waals surface area contributed by atoms with Crippen LogP contribution in [0.4, 0.5) is 0 Å². The number of carboxylic acid groups (broad SMARTS) is 1. The van der Waals surface area contributed by atoms with Crippen LogP contribution in [0.3, 0.4) is 0 Å². The van der Waals surface area contributed by atoms with Crippen LogP contribution in [-0.4, -0.2) is 35.9 Å². The first-order chi connectivity index (χ1) is 6.29. The number of carboxylic acids is 1. The quantitative estimate of drug-likeness (QED) is 0.645. The predicted molar refractivity (Wildman–Crippen MR) is 49.1 cm³/mol. The molecule has 0 amide bonds. The van der Waals surface area contributed by atoms with Gasteiger partial charge in [0.05, 0.1) is 0 Å². The summed E-state index contributed by atoms with van der Waals surface area (Å²) in [5.41, 5.74) is 0.388. The molecule has 0 aromatic heterocycles. The average Bonchev–Trinajstić information content (AvgIpc) is 2.74. The summed E-state index contributed by atoms with van der Waals surface area (Å²) in [6, 6.07) is 0.359. The van der Waals surface area contributed by atoms with Gasteiger partial charge in [0, 0.05) is 18.5 Å². The molecule has 2 aliphatic heterocycles. The fourth-order valence-electron chi connectivity index (χ4n) is 2.25. The number of aliphatic carboxylic acids is 1. The third-order valence-corrected chi connectivity index (χ3v) is 2.88. The van der Waals surface area contributed by atoms with E-state index >= 15 is 0 Å². The molecule has 2 heterocycles. The maximum Gasteiger partial charge on any atom is 0.350 e. The Bertz CT molecular complexity index is 244. The molecular weight excluding hydrogens is 168 g/mol. The first-order valence-electron chi connectivity index (χ1n) is 4.80.